The Morgan fingerprint density at radius 2 is 1.43 bits per heavy atom. The summed E-state index contributed by atoms with van der Waals surface area (Å²) >= 11 is 0. The van der Waals surface area contributed by atoms with Gasteiger partial charge in [0.15, 0.2) is 31.3 Å². The molecule has 2 heterocycles. The van der Waals surface area contributed by atoms with Crippen molar-refractivity contribution in [3.63, 3.8) is 0 Å². The molecule has 0 amide bonds. The summed E-state index contributed by atoms with van der Waals surface area (Å²) in [6.07, 6.45) is 14.9. The molecule has 0 radical (unpaired) electrons. The van der Waals surface area contributed by atoms with E-state index < -0.39 is 0 Å². The minimum absolute atomic E-state index is 0.414. The normalized spacial score (nSPS) is 14.3. The zero-order chi connectivity index (χ0) is 19.2. The van der Waals surface area contributed by atoms with Gasteiger partial charge >= 0.3 is 0 Å². The van der Waals surface area contributed by atoms with Crippen LogP contribution in [0.2, 0.25) is 0 Å². The Morgan fingerprint density at radius 1 is 0.821 bits per heavy atom. The molecule has 28 heavy (non-hydrogen) atoms. The van der Waals surface area contributed by atoms with E-state index in [0.29, 0.717) is 18.1 Å². The van der Waals surface area contributed by atoms with Crippen LogP contribution in [-0.2, 0) is 11.3 Å². The number of carbonyl (C=O) groups excluding carboxylic acids is 1. The van der Waals surface area contributed by atoms with Crippen LogP contribution in [0.15, 0.2) is 79.4 Å². The van der Waals surface area contributed by atoms with Crippen molar-refractivity contribution >= 4 is 5.78 Å². The van der Waals surface area contributed by atoms with Crippen molar-refractivity contribution < 1.29 is 13.9 Å². The van der Waals surface area contributed by atoms with Crippen LogP contribution in [0.25, 0.3) is 16.8 Å². The molecule has 2 aromatic heterocycles. The maximum atomic E-state index is 12.2. The quantitative estimate of drug-likeness (QED) is 0.562. The number of nitrogens with zero attached hydrogens (tertiary/aromatic N) is 2. The minimum Gasteiger partial charge on any atom is -0.299 e. The number of carbonyl (C=O) groups is 1. The highest BCUT2D eigenvalue weighted by molar-refractivity contribution is 5.78. The average Bonchev–Trinajstić information content (AvgIpc) is 3.26. The molecule has 0 saturated heterocycles. The Balaban J connectivity index is 1.34. The first-order valence-electron chi connectivity index (χ1n) is 10.4. The zero-order valence-electron chi connectivity index (χ0n) is 16.3. The molecule has 1 aliphatic carbocycles. The number of para-hydroxylation sites is 1. The highest BCUT2D eigenvalue weighted by Crippen LogP contribution is 2.27. The van der Waals surface area contributed by atoms with Crippen LogP contribution >= 0.6 is 0 Å². The van der Waals surface area contributed by atoms with Gasteiger partial charge in [-0.15, -0.1) is 0 Å². The van der Waals surface area contributed by atoms with Gasteiger partial charge in [0.1, 0.15) is 5.78 Å². The number of hydrogen-bond acceptors (Lipinski definition) is 1. The average molecular weight is 373 g/mol. The number of aryl methyl sites for hydroxylation is 1. The summed E-state index contributed by atoms with van der Waals surface area (Å²) in [4.78, 5) is 12.2. The van der Waals surface area contributed by atoms with E-state index in [1.165, 1.54) is 36.8 Å². The van der Waals surface area contributed by atoms with Gasteiger partial charge in [0, 0.05) is 42.8 Å². The van der Waals surface area contributed by atoms with Crippen molar-refractivity contribution in [1.29, 1.82) is 0 Å². The van der Waals surface area contributed by atoms with Crippen molar-refractivity contribution in [2.24, 2.45) is 5.92 Å². The second-order valence-corrected chi connectivity index (χ2v) is 7.80. The smallest absolute Gasteiger partial charge is 0.210 e. The maximum absolute atomic E-state index is 12.2. The Labute approximate surface area is 167 Å². The third-order valence-electron chi connectivity index (χ3n) is 5.75. The van der Waals surface area contributed by atoms with E-state index >= 15 is 0 Å². The first-order chi connectivity index (χ1) is 13.8. The molecule has 1 saturated carbocycles. The van der Waals surface area contributed by atoms with Gasteiger partial charge in [-0.05, 0) is 17.0 Å². The molecule has 0 bridgehead atoms. The summed E-state index contributed by atoms with van der Waals surface area (Å²) in [5, 5.41) is 0. The lowest BCUT2D eigenvalue weighted by Gasteiger charge is -2.06. The number of ketones is 1. The van der Waals surface area contributed by atoms with Gasteiger partial charge in [0.05, 0.1) is 6.42 Å². The number of pyridine rings is 2. The molecule has 4 rings (SSSR count). The topological polar surface area (TPSA) is 24.8 Å². The van der Waals surface area contributed by atoms with Crippen LogP contribution in [0, 0.1) is 5.92 Å². The van der Waals surface area contributed by atoms with E-state index in [1.54, 1.807) is 0 Å². The fourth-order valence-corrected chi connectivity index (χ4v) is 4.08. The molecule has 1 aliphatic rings. The summed E-state index contributed by atoms with van der Waals surface area (Å²) in [7, 11) is 0. The molecule has 142 valence electrons. The maximum Gasteiger partial charge on any atom is 0.210 e. The summed E-state index contributed by atoms with van der Waals surface area (Å²) in [5.41, 5.74) is 3.53. The Morgan fingerprint density at radius 3 is 2.07 bits per heavy atom. The van der Waals surface area contributed by atoms with Gasteiger partial charge in [-0.2, -0.15) is 4.57 Å². The molecule has 1 aromatic carbocycles. The van der Waals surface area contributed by atoms with E-state index in [1.807, 2.05) is 18.2 Å². The third kappa shape index (κ3) is 4.72. The minimum atomic E-state index is 0.414. The summed E-state index contributed by atoms with van der Waals surface area (Å²) in [6, 6.07) is 18.8. The summed E-state index contributed by atoms with van der Waals surface area (Å²) in [5.74, 6) is 1.06. The van der Waals surface area contributed by atoms with Crippen LogP contribution in [0.1, 0.15) is 38.5 Å². The Bertz CT molecular complexity index is 896. The van der Waals surface area contributed by atoms with Crippen LogP contribution in [0.4, 0.5) is 0 Å². The summed E-state index contributed by atoms with van der Waals surface area (Å²) < 4.78 is 4.23. The van der Waals surface area contributed by atoms with Crippen molar-refractivity contribution in [2.75, 3.05) is 0 Å². The molecule has 3 heteroatoms. The second-order valence-electron chi connectivity index (χ2n) is 7.80. The molecule has 0 N–H and O–H groups in total. The SMILES string of the molecule is O=C(CC[n+]1ccc(-c2cc[n+](-c3ccccc3)cc2)cc1)CC1CCCC1. The van der Waals surface area contributed by atoms with E-state index in [4.69, 9.17) is 0 Å². The Hall–Kier alpha value is -2.81. The lowest BCUT2D eigenvalue weighted by molar-refractivity contribution is -0.695. The number of hydrogen-bond donors (Lipinski definition) is 0. The molecule has 0 unspecified atom stereocenters. The summed E-state index contributed by atoms with van der Waals surface area (Å²) in [6.45, 7) is 0.772. The third-order valence-corrected chi connectivity index (χ3v) is 5.75. The Kier molecular flexibility index (Phi) is 5.91. The predicted molar refractivity (Wildman–Crippen MR) is 110 cm³/mol. The molecule has 1 fully saturated rings. The van der Waals surface area contributed by atoms with Crippen molar-refractivity contribution in [3.8, 4) is 16.8 Å². The molecular formula is C25H28N2O+2. The van der Waals surface area contributed by atoms with Crippen molar-refractivity contribution in [3.05, 3.63) is 79.4 Å². The van der Waals surface area contributed by atoms with Crippen LogP contribution in [-0.4, -0.2) is 5.78 Å². The van der Waals surface area contributed by atoms with Gasteiger partial charge < -0.3 is 0 Å². The zero-order valence-corrected chi connectivity index (χ0v) is 16.3. The largest absolute Gasteiger partial charge is 0.299 e. The standard InChI is InChI=1S/C25H28N2O/c28-25(20-21-6-4-5-7-21)14-17-26-15-10-22(11-16-26)23-12-18-27(19-13-23)24-8-2-1-3-9-24/h1-3,8-13,15-16,18-19,21H,4-7,14,17,20H2/q+2. The van der Waals surface area contributed by atoms with Gasteiger partial charge in [0.2, 0.25) is 5.69 Å². The van der Waals surface area contributed by atoms with E-state index in [2.05, 4.69) is 70.3 Å². The number of benzene rings is 1. The van der Waals surface area contributed by atoms with E-state index in [9.17, 15) is 4.79 Å². The van der Waals surface area contributed by atoms with Crippen LogP contribution in [0.5, 0.6) is 0 Å². The molecule has 0 spiro atoms. The number of aromatic nitrogens is 2. The van der Waals surface area contributed by atoms with Gasteiger partial charge in [-0.3, -0.25) is 4.79 Å². The van der Waals surface area contributed by atoms with Crippen molar-refractivity contribution in [1.82, 2.24) is 0 Å². The van der Waals surface area contributed by atoms with Crippen molar-refractivity contribution in [2.45, 2.75) is 45.1 Å². The molecule has 0 aliphatic heterocycles. The van der Waals surface area contributed by atoms with Gasteiger partial charge in [-0.1, -0.05) is 43.9 Å². The second kappa shape index (κ2) is 8.92. The fraction of sp³-hybridized carbons (Fsp3) is 0.320. The lowest BCUT2D eigenvalue weighted by atomic mass is 10.00. The number of rotatable bonds is 7. The molecule has 0 atom stereocenters. The highest BCUT2D eigenvalue weighted by Gasteiger charge is 2.19. The molecule has 3 nitrogen and oxygen atoms in total. The number of Topliss-reactive ketones (excluding diaryl/α,β-unsaturated/α-hetero) is 1. The van der Waals surface area contributed by atoms with E-state index in [0.717, 1.165) is 18.7 Å². The molecule has 3 aromatic rings. The lowest BCUT2D eigenvalue weighted by Crippen LogP contribution is -2.33. The van der Waals surface area contributed by atoms with E-state index in [-0.39, 0.29) is 0 Å². The first kappa shape index (κ1) is 18.5. The molecular weight excluding hydrogens is 344 g/mol. The van der Waals surface area contributed by atoms with Gasteiger partial charge in [0.25, 0.3) is 0 Å². The highest BCUT2D eigenvalue weighted by atomic mass is 16.1. The van der Waals surface area contributed by atoms with Crippen LogP contribution in [0.3, 0.4) is 0 Å². The monoisotopic (exact) mass is 372 g/mol. The first-order valence-corrected chi connectivity index (χ1v) is 10.4. The van der Waals surface area contributed by atoms with Gasteiger partial charge in [-0.25, -0.2) is 4.57 Å². The van der Waals surface area contributed by atoms with Crippen LogP contribution < -0.4 is 9.13 Å². The fourth-order valence-electron chi connectivity index (χ4n) is 4.08. The predicted octanol–water partition coefficient (Wildman–Crippen LogP) is 4.46.